The average molecular weight is 210 g/mol. The molecule has 15 heavy (non-hydrogen) atoms. The minimum absolute atomic E-state index is 0.417. The summed E-state index contributed by atoms with van der Waals surface area (Å²) >= 11 is 0. The van der Waals surface area contributed by atoms with Gasteiger partial charge in [0.2, 0.25) is 0 Å². The van der Waals surface area contributed by atoms with Crippen LogP contribution in [0.25, 0.3) is 0 Å². The lowest BCUT2D eigenvalue weighted by molar-refractivity contribution is -0.129. The third-order valence-corrected chi connectivity index (χ3v) is 3.72. The second-order valence-electron chi connectivity index (χ2n) is 5.01. The van der Waals surface area contributed by atoms with Crippen LogP contribution in [0.1, 0.15) is 71.6 Å². The molecule has 0 radical (unpaired) electrons. The van der Waals surface area contributed by atoms with Crippen LogP contribution in [-0.4, -0.2) is 5.78 Å². The van der Waals surface area contributed by atoms with Gasteiger partial charge >= 0.3 is 0 Å². The molecule has 0 spiro atoms. The van der Waals surface area contributed by atoms with Gasteiger partial charge in [-0.3, -0.25) is 4.79 Å². The summed E-state index contributed by atoms with van der Waals surface area (Å²) < 4.78 is 0. The minimum atomic E-state index is 0.417. The number of rotatable bonds is 6. The van der Waals surface area contributed by atoms with Gasteiger partial charge in [0.05, 0.1) is 0 Å². The van der Waals surface area contributed by atoms with Gasteiger partial charge in [0.25, 0.3) is 0 Å². The number of ketones is 1. The second-order valence-corrected chi connectivity index (χ2v) is 5.01. The van der Waals surface area contributed by atoms with Crippen LogP contribution in [0.3, 0.4) is 0 Å². The molecule has 1 aliphatic carbocycles. The molecule has 0 bridgehead atoms. The Morgan fingerprint density at radius 2 is 1.47 bits per heavy atom. The highest BCUT2D eigenvalue weighted by Gasteiger charge is 2.29. The highest BCUT2D eigenvalue weighted by atomic mass is 16.1. The maximum absolute atomic E-state index is 12.1. The van der Waals surface area contributed by atoms with Crippen molar-refractivity contribution in [3.8, 4) is 0 Å². The Labute approximate surface area is 94.6 Å². The third-order valence-electron chi connectivity index (χ3n) is 3.72. The molecule has 0 aromatic heterocycles. The normalized spacial score (nSPS) is 26.9. The first-order chi connectivity index (χ1) is 7.29. The molecule has 0 aromatic carbocycles. The standard InChI is InChI=1S/C14H26O/c1-3-5-8-12-10-7-11-13(14(12)15)9-6-4-2/h12-13H,3-11H2,1-2H3. The molecule has 2 unspecified atom stereocenters. The van der Waals surface area contributed by atoms with E-state index < -0.39 is 0 Å². The molecule has 0 aliphatic heterocycles. The van der Waals surface area contributed by atoms with E-state index in [1.54, 1.807) is 0 Å². The van der Waals surface area contributed by atoms with Gasteiger partial charge in [0.15, 0.2) is 0 Å². The van der Waals surface area contributed by atoms with Crippen LogP contribution in [-0.2, 0) is 4.79 Å². The number of carbonyl (C=O) groups is 1. The molecule has 0 saturated heterocycles. The van der Waals surface area contributed by atoms with E-state index in [0.717, 1.165) is 12.8 Å². The fraction of sp³-hybridized carbons (Fsp3) is 0.929. The van der Waals surface area contributed by atoms with Gasteiger partial charge in [-0.05, 0) is 25.7 Å². The topological polar surface area (TPSA) is 17.1 Å². The zero-order valence-corrected chi connectivity index (χ0v) is 10.4. The van der Waals surface area contributed by atoms with Crippen molar-refractivity contribution in [3.05, 3.63) is 0 Å². The van der Waals surface area contributed by atoms with Gasteiger partial charge in [-0.2, -0.15) is 0 Å². The summed E-state index contributed by atoms with van der Waals surface area (Å²) in [6, 6.07) is 0. The minimum Gasteiger partial charge on any atom is -0.299 e. The Balaban J connectivity index is 2.36. The maximum atomic E-state index is 12.1. The van der Waals surface area contributed by atoms with Crippen molar-refractivity contribution in [2.75, 3.05) is 0 Å². The highest BCUT2D eigenvalue weighted by Crippen LogP contribution is 2.31. The number of hydrogen-bond acceptors (Lipinski definition) is 1. The summed E-state index contributed by atoms with van der Waals surface area (Å²) in [7, 11) is 0. The van der Waals surface area contributed by atoms with E-state index in [9.17, 15) is 4.79 Å². The van der Waals surface area contributed by atoms with Gasteiger partial charge in [0, 0.05) is 11.8 Å². The number of carbonyl (C=O) groups excluding carboxylic acids is 1. The summed E-state index contributed by atoms with van der Waals surface area (Å²) in [5.74, 6) is 1.43. The molecule has 0 amide bonds. The van der Waals surface area contributed by atoms with E-state index in [4.69, 9.17) is 0 Å². The van der Waals surface area contributed by atoms with Crippen LogP contribution in [0.4, 0.5) is 0 Å². The largest absolute Gasteiger partial charge is 0.299 e. The van der Waals surface area contributed by atoms with Crippen molar-refractivity contribution in [1.29, 1.82) is 0 Å². The summed E-state index contributed by atoms with van der Waals surface area (Å²) in [6.45, 7) is 4.42. The van der Waals surface area contributed by atoms with Crippen molar-refractivity contribution in [3.63, 3.8) is 0 Å². The van der Waals surface area contributed by atoms with E-state index in [1.807, 2.05) is 0 Å². The van der Waals surface area contributed by atoms with Crippen molar-refractivity contribution in [2.45, 2.75) is 71.6 Å². The lowest BCUT2D eigenvalue weighted by atomic mass is 9.76. The predicted molar refractivity (Wildman–Crippen MR) is 64.9 cm³/mol. The molecular formula is C14H26O. The molecule has 2 atom stereocenters. The monoisotopic (exact) mass is 210 g/mol. The lowest BCUT2D eigenvalue weighted by Gasteiger charge is -2.27. The first kappa shape index (κ1) is 12.7. The Morgan fingerprint density at radius 1 is 1.00 bits per heavy atom. The van der Waals surface area contributed by atoms with Gasteiger partial charge in [0.1, 0.15) is 5.78 Å². The lowest BCUT2D eigenvalue weighted by Crippen LogP contribution is -2.28. The van der Waals surface area contributed by atoms with Crippen LogP contribution in [0.5, 0.6) is 0 Å². The Morgan fingerprint density at radius 3 is 1.87 bits per heavy atom. The van der Waals surface area contributed by atoms with Gasteiger partial charge in [-0.1, -0.05) is 46.0 Å². The molecule has 1 nitrogen and oxygen atoms in total. The van der Waals surface area contributed by atoms with Gasteiger partial charge in [-0.25, -0.2) is 0 Å². The van der Waals surface area contributed by atoms with Crippen molar-refractivity contribution >= 4 is 5.78 Å². The maximum Gasteiger partial charge on any atom is 0.139 e. The van der Waals surface area contributed by atoms with Crippen molar-refractivity contribution in [1.82, 2.24) is 0 Å². The first-order valence-electron chi connectivity index (χ1n) is 6.83. The fourth-order valence-electron chi connectivity index (χ4n) is 2.70. The van der Waals surface area contributed by atoms with E-state index in [2.05, 4.69) is 13.8 Å². The zero-order valence-electron chi connectivity index (χ0n) is 10.4. The first-order valence-corrected chi connectivity index (χ1v) is 6.83. The molecular weight excluding hydrogens is 184 g/mol. The van der Waals surface area contributed by atoms with Crippen LogP contribution in [0.2, 0.25) is 0 Å². The van der Waals surface area contributed by atoms with Crippen molar-refractivity contribution in [2.24, 2.45) is 11.8 Å². The zero-order chi connectivity index (χ0) is 11.1. The van der Waals surface area contributed by atoms with Gasteiger partial charge in [-0.15, -0.1) is 0 Å². The SMILES string of the molecule is CCCCC1CCCC(CCCC)C1=O. The van der Waals surface area contributed by atoms with Crippen molar-refractivity contribution < 1.29 is 4.79 Å². The molecule has 0 heterocycles. The molecule has 0 N–H and O–H groups in total. The number of Topliss-reactive ketones (excluding diaryl/α,β-unsaturated/α-hetero) is 1. The highest BCUT2D eigenvalue weighted by molar-refractivity contribution is 5.84. The summed E-state index contributed by atoms with van der Waals surface area (Å²) in [5, 5.41) is 0. The third kappa shape index (κ3) is 3.96. The smallest absolute Gasteiger partial charge is 0.139 e. The molecule has 1 rings (SSSR count). The summed E-state index contributed by atoms with van der Waals surface area (Å²) in [6.07, 6.45) is 10.8. The summed E-state index contributed by atoms with van der Waals surface area (Å²) in [5.41, 5.74) is 0. The van der Waals surface area contributed by atoms with Crippen LogP contribution in [0, 0.1) is 11.8 Å². The van der Waals surface area contributed by atoms with Gasteiger partial charge < -0.3 is 0 Å². The number of unbranched alkanes of at least 4 members (excludes halogenated alkanes) is 2. The molecule has 1 saturated carbocycles. The quantitative estimate of drug-likeness (QED) is 0.637. The molecule has 1 fully saturated rings. The molecule has 1 aliphatic rings. The van der Waals surface area contributed by atoms with Crippen LogP contribution < -0.4 is 0 Å². The van der Waals surface area contributed by atoms with E-state index in [1.165, 1.54) is 44.9 Å². The molecule has 0 aromatic rings. The fourth-order valence-corrected chi connectivity index (χ4v) is 2.70. The Hall–Kier alpha value is -0.330. The molecule has 88 valence electrons. The molecule has 1 heteroatoms. The van der Waals surface area contributed by atoms with Crippen LogP contribution in [0.15, 0.2) is 0 Å². The Bertz CT molecular complexity index is 168. The summed E-state index contributed by atoms with van der Waals surface area (Å²) in [4.78, 5) is 12.1. The number of hydrogen-bond donors (Lipinski definition) is 0. The Kier molecular flexibility index (Phi) is 5.97. The predicted octanol–water partition coefficient (Wildman–Crippen LogP) is 4.35. The van der Waals surface area contributed by atoms with E-state index >= 15 is 0 Å². The second kappa shape index (κ2) is 7.03. The average Bonchev–Trinajstić information content (AvgIpc) is 2.26. The van der Waals surface area contributed by atoms with Crippen LogP contribution >= 0.6 is 0 Å². The van der Waals surface area contributed by atoms with E-state index in [0.29, 0.717) is 17.6 Å². The van der Waals surface area contributed by atoms with E-state index in [-0.39, 0.29) is 0 Å².